The van der Waals surface area contributed by atoms with Gasteiger partial charge in [-0.3, -0.25) is 0 Å². The first-order chi connectivity index (χ1) is 10.3. The van der Waals surface area contributed by atoms with Crippen molar-refractivity contribution in [1.29, 1.82) is 0 Å². The Hall–Kier alpha value is 0.137. The first-order valence-electron chi connectivity index (χ1n) is 9.62. The number of rotatable bonds is 7. The van der Waals surface area contributed by atoms with E-state index in [2.05, 4.69) is 33.9 Å². The molecule has 2 rings (SSSR count). The van der Waals surface area contributed by atoms with Crippen molar-refractivity contribution in [3.63, 3.8) is 0 Å². The van der Waals surface area contributed by atoms with Gasteiger partial charge in [-0.15, -0.1) is 0 Å². The molecule has 0 amide bonds. The van der Waals surface area contributed by atoms with Crippen LogP contribution in [0.5, 0.6) is 0 Å². The zero-order valence-electron chi connectivity index (χ0n) is 15.5. The van der Waals surface area contributed by atoms with E-state index in [-0.39, 0.29) is 6.10 Å². The van der Waals surface area contributed by atoms with Crippen molar-refractivity contribution in [1.82, 2.24) is 0 Å². The summed E-state index contributed by atoms with van der Waals surface area (Å²) >= 11 is 0. The molecular weight excluding hydrogens is 288 g/mol. The smallest absolute Gasteiger partial charge is 0.186 e. The minimum absolute atomic E-state index is 0.0489. The van der Waals surface area contributed by atoms with Crippen LogP contribution in [0.2, 0.25) is 19.1 Å². The van der Waals surface area contributed by atoms with Crippen LogP contribution in [-0.4, -0.2) is 26.1 Å². The van der Waals surface area contributed by atoms with Gasteiger partial charge in [0.15, 0.2) is 8.32 Å². The lowest BCUT2D eigenvalue weighted by Gasteiger charge is -2.45. The van der Waals surface area contributed by atoms with Gasteiger partial charge in [0.2, 0.25) is 0 Å². The van der Waals surface area contributed by atoms with Crippen LogP contribution in [-0.2, 0) is 4.43 Å². The first kappa shape index (κ1) is 18.5. The summed E-state index contributed by atoms with van der Waals surface area (Å²) in [5, 5.41) is 10.4. The van der Waals surface area contributed by atoms with Gasteiger partial charge < -0.3 is 9.53 Å². The molecule has 2 aliphatic carbocycles. The van der Waals surface area contributed by atoms with E-state index in [0.29, 0.717) is 17.3 Å². The molecule has 3 heteroatoms. The van der Waals surface area contributed by atoms with Crippen molar-refractivity contribution in [2.24, 2.45) is 23.2 Å². The van der Waals surface area contributed by atoms with Crippen LogP contribution >= 0.6 is 0 Å². The summed E-state index contributed by atoms with van der Waals surface area (Å²) in [6.45, 7) is 12.8. The largest absolute Gasteiger partial charge is 0.417 e. The molecule has 0 saturated heterocycles. The van der Waals surface area contributed by atoms with E-state index in [1.807, 2.05) is 0 Å². The van der Waals surface area contributed by atoms with Crippen molar-refractivity contribution in [2.75, 3.05) is 6.61 Å². The fourth-order valence-electron chi connectivity index (χ4n) is 5.27. The molecule has 2 fully saturated rings. The second kappa shape index (κ2) is 7.35. The fraction of sp³-hybridized carbons (Fsp3) is 1.00. The normalized spacial score (nSPS) is 37.1. The Morgan fingerprint density at radius 2 is 2.00 bits per heavy atom. The average molecular weight is 327 g/mol. The second-order valence-electron chi connectivity index (χ2n) is 8.91. The zero-order valence-corrected chi connectivity index (χ0v) is 16.5. The Balaban J connectivity index is 1.91. The molecule has 0 aromatic rings. The van der Waals surface area contributed by atoms with E-state index in [1.165, 1.54) is 44.6 Å². The highest BCUT2D eigenvalue weighted by atomic mass is 28.4. The van der Waals surface area contributed by atoms with Crippen LogP contribution in [0.1, 0.15) is 65.7 Å². The minimum atomic E-state index is -1.47. The van der Waals surface area contributed by atoms with Gasteiger partial charge >= 0.3 is 0 Å². The molecule has 5 unspecified atom stereocenters. The Labute approximate surface area is 139 Å². The van der Waals surface area contributed by atoms with Crippen LogP contribution in [0.25, 0.3) is 0 Å². The molecule has 0 aromatic heterocycles. The summed E-state index contributed by atoms with van der Waals surface area (Å²) in [7, 11) is -1.47. The lowest BCUT2D eigenvalue weighted by Crippen LogP contribution is -2.43. The lowest BCUT2D eigenvalue weighted by molar-refractivity contribution is -0.0313. The maximum Gasteiger partial charge on any atom is 0.186 e. The van der Waals surface area contributed by atoms with Crippen molar-refractivity contribution in [2.45, 2.75) is 91.0 Å². The summed E-state index contributed by atoms with van der Waals surface area (Å²) < 4.78 is 6.43. The van der Waals surface area contributed by atoms with E-state index in [1.54, 1.807) is 0 Å². The third-order valence-electron chi connectivity index (χ3n) is 6.72. The average Bonchev–Trinajstić information content (AvgIpc) is 2.81. The molecule has 2 saturated carbocycles. The lowest BCUT2D eigenvalue weighted by atomic mass is 9.62. The Kier molecular flexibility index (Phi) is 6.18. The summed E-state index contributed by atoms with van der Waals surface area (Å²) in [4.78, 5) is 0. The molecule has 22 heavy (non-hydrogen) atoms. The third-order valence-corrected chi connectivity index (χ3v) is 9.22. The first-order valence-corrected chi connectivity index (χ1v) is 12.7. The molecule has 0 spiro atoms. The number of aliphatic hydroxyl groups is 1. The SMILES string of the molecule is CCCC[Si](C)(C)OCC(C)C1CCC2C(O)CCCC12C. The van der Waals surface area contributed by atoms with Crippen molar-refractivity contribution < 1.29 is 9.53 Å². The molecule has 0 radical (unpaired) electrons. The minimum Gasteiger partial charge on any atom is -0.417 e. The predicted octanol–water partition coefficient (Wildman–Crippen LogP) is 5.22. The molecule has 2 aliphatic rings. The molecule has 0 aliphatic heterocycles. The summed E-state index contributed by atoms with van der Waals surface area (Å²) in [5.41, 5.74) is 0.357. The Morgan fingerprint density at radius 3 is 2.68 bits per heavy atom. The van der Waals surface area contributed by atoms with Gasteiger partial charge in [0, 0.05) is 6.61 Å². The number of hydrogen-bond donors (Lipinski definition) is 1. The quantitative estimate of drug-likeness (QED) is 0.650. The molecule has 0 heterocycles. The maximum absolute atomic E-state index is 10.4. The molecule has 0 aromatic carbocycles. The molecule has 5 atom stereocenters. The van der Waals surface area contributed by atoms with Crippen LogP contribution in [0.3, 0.4) is 0 Å². The topological polar surface area (TPSA) is 29.5 Å². The molecule has 130 valence electrons. The summed E-state index contributed by atoms with van der Waals surface area (Å²) in [6.07, 6.45) is 8.58. The Bertz CT molecular complexity index is 357. The van der Waals surface area contributed by atoms with Gasteiger partial charge in [-0.1, -0.05) is 40.0 Å². The van der Waals surface area contributed by atoms with E-state index in [9.17, 15) is 5.11 Å². The predicted molar refractivity (Wildman–Crippen MR) is 96.5 cm³/mol. The molecule has 0 bridgehead atoms. The van der Waals surface area contributed by atoms with Gasteiger partial charge in [-0.05, 0) is 68.0 Å². The van der Waals surface area contributed by atoms with Gasteiger partial charge in [0.1, 0.15) is 0 Å². The van der Waals surface area contributed by atoms with E-state index in [4.69, 9.17) is 4.43 Å². The van der Waals surface area contributed by atoms with Gasteiger partial charge in [0.05, 0.1) is 6.10 Å². The van der Waals surface area contributed by atoms with Gasteiger partial charge in [-0.2, -0.15) is 0 Å². The maximum atomic E-state index is 10.4. The second-order valence-corrected chi connectivity index (χ2v) is 13.2. The molecule has 1 N–H and O–H groups in total. The highest BCUT2D eigenvalue weighted by molar-refractivity contribution is 6.71. The van der Waals surface area contributed by atoms with Crippen LogP contribution in [0.4, 0.5) is 0 Å². The Morgan fingerprint density at radius 1 is 1.27 bits per heavy atom. The number of hydrogen-bond acceptors (Lipinski definition) is 2. The standard InChI is InChI=1S/C19H38O2Si/c1-6-7-13-22(4,5)21-14-15(2)16-10-11-17-18(20)9-8-12-19(16,17)3/h15-18,20H,6-14H2,1-5H3. The zero-order chi connectivity index (χ0) is 16.4. The van der Waals surface area contributed by atoms with Crippen LogP contribution < -0.4 is 0 Å². The summed E-state index contributed by atoms with van der Waals surface area (Å²) in [5.74, 6) is 1.91. The third kappa shape index (κ3) is 3.96. The fourth-order valence-corrected chi connectivity index (χ4v) is 7.34. The van der Waals surface area contributed by atoms with E-state index < -0.39 is 8.32 Å². The van der Waals surface area contributed by atoms with E-state index >= 15 is 0 Å². The molecular formula is C19H38O2Si. The summed E-state index contributed by atoms with van der Waals surface area (Å²) in [6, 6.07) is 1.29. The number of aliphatic hydroxyl groups excluding tert-OH is 1. The highest BCUT2D eigenvalue weighted by Gasteiger charge is 2.52. The van der Waals surface area contributed by atoms with Crippen molar-refractivity contribution >= 4 is 8.32 Å². The van der Waals surface area contributed by atoms with Gasteiger partial charge in [0.25, 0.3) is 0 Å². The number of fused-ring (bicyclic) bond motifs is 1. The van der Waals surface area contributed by atoms with Gasteiger partial charge in [-0.25, -0.2) is 0 Å². The van der Waals surface area contributed by atoms with Crippen LogP contribution in [0, 0.1) is 23.2 Å². The van der Waals surface area contributed by atoms with Crippen molar-refractivity contribution in [3.8, 4) is 0 Å². The number of unbranched alkanes of at least 4 members (excludes halogenated alkanes) is 1. The van der Waals surface area contributed by atoms with Crippen molar-refractivity contribution in [3.05, 3.63) is 0 Å². The van der Waals surface area contributed by atoms with Crippen LogP contribution in [0.15, 0.2) is 0 Å². The highest BCUT2D eigenvalue weighted by Crippen LogP contribution is 2.57. The van der Waals surface area contributed by atoms with E-state index in [0.717, 1.165) is 18.9 Å². The monoisotopic (exact) mass is 326 g/mol. The molecule has 2 nitrogen and oxygen atoms in total.